The standard InChI is InChI=1S/C37H39FO7/c1-20-18-36(3)28(26-11-9-24-16-25(40)12-13-35(24,2)32(20)26)17-31-37(36,30(41)19-39)45-34(44-31)27-10-6-22(15-29(27)38)14-21-4-7-23(8-5-21)33(42)43/h4-8,10,12-13,15-16,20,26,28,31-32,34,39H,9,11,14,17-19H2,1-3H3,(H,42,43)/t20-,26-,28-,31+,32-,34?,35-,36-,37+/m0/s1. The van der Waals surface area contributed by atoms with E-state index in [1.807, 2.05) is 6.08 Å². The van der Waals surface area contributed by atoms with E-state index in [2.05, 4.69) is 26.8 Å². The molecule has 2 N–H and O–H groups in total. The van der Waals surface area contributed by atoms with Crippen molar-refractivity contribution in [3.63, 3.8) is 0 Å². The number of carboxylic acids is 1. The second kappa shape index (κ2) is 10.5. The number of carboxylic acid groups (broad SMARTS) is 1. The van der Waals surface area contributed by atoms with Gasteiger partial charge >= 0.3 is 5.97 Å². The lowest BCUT2D eigenvalue weighted by Crippen LogP contribution is -2.62. The van der Waals surface area contributed by atoms with E-state index >= 15 is 4.39 Å². The smallest absolute Gasteiger partial charge is 0.335 e. The summed E-state index contributed by atoms with van der Waals surface area (Å²) in [6, 6.07) is 11.3. The van der Waals surface area contributed by atoms with Gasteiger partial charge in [-0.15, -0.1) is 0 Å². The van der Waals surface area contributed by atoms with Gasteiger partial charge in [-0.3, -0.25) is 9.59 Å². The van der Waals surface area contributed by atoms with Gasteiger partial charge in [-0.25, -0.2) is 9.18 Å². The Balaban J connectivity index is 1.17. The number of carbonyl (C=O) groups is 3. The zero-order valence-electron chi connectivity index (χ0n) is 25.8. The molecular weight excluding hydrogens is 575 g/mol. The van der Waals surface area contributed by atoms with E-state index in [0.717, 1.165) is 18.4 Å². The van der Waals surface area contributed by atoms with Crippen LogP contribution in [0.4, 0.5) is 4.39 Å². The predicted octanol–water partition coefficient (Wildman–Crippen LogP) is 5.99. The molecule has 1 saturated heterocycles. The molecule has 2 aromatic carbocycles. The van der Waals surface area contributed by atoms with E-state index < -0.39 is 47.6 Å². The summed E-state index contributed by atoms with van der Waals surface area (Å²) in [5.74, 6) is -1.02. The van der Waals surface area contributed by atoms with E-state index in [0.29, 0.717) is 30.7 Å². The molecule has 0 bridgehead atoms. The summed E-state index contributed by atoms with van der Waals surface area (Å²) in [5, 5.41) is 19.4. The number of benzene rings is 2. The van der Waals surface area contributed by atoms with E-state index in [-0.39, 0.29) is 40.1 Å². The van der Waals surface area contributed by atoms with E-state index in [1.165, 1.54) is 23.8 Å². The second-order valence-electron chi connectivity index (χ2n) is 14.3. The first-order valence-corrected chi connectivity index (χ1v) is 15.9. The molecule has 1 aliphatic heterocycles. The highest BCUT2D eigenvalue weighted by Gasteiger charge is 2.75. The maximum absolute atomic E-state index is 15.7. The lowest BCUT2D eigenvalue weighted by molar-refractivity contribution is -0.193. The second-order valence-corrected chi connectivity index (χ2v) is 14.3. The summed E-state index contributed by atoms with van der Waals surface area (Å²) >= 11 is 0. The van der Waals surface area contributed by atoms with Crippen molar-refractivity contribution in [2.24, 2.45) is 34.5 Å². The first-order valence-electron chi connectivity index (χ1n) is 15.9. The lowest BCUT2D eigenvalue weighted by Gasteiger charge is -2.60. The van der Waals surface area contributed by atoms with Crippen LogP contribution in [0.3, 0.4) is 0 Å². The van der Waals surface area contributed by atoms with Crippen molar-refractivity contribution < 1.29 is 38.5 Å². The van der Waals surface area contributed by atoms with Gasteiger partial charge < -0.3 is 19.7 Å². The monoisotopic (exact) mass is 614 g/mol. The molecule has 7 nitrogen and oxygen atoms in total. The van der Waals surface area contributed by atoms with Crippen molar-refractivity contribution >= 4 is 17.5 Å². The van der Waals surface area contributed by atoms with Gasteiger partial charge in [-0.2, -0.15) is 0 Å². The number of aliphatic hydroxyl groups is 1. The molecule has 1 unspecified atom stereocenters. The van der Waals surface area contributed by atoms with Crippen LogP contribution in [-0.2, 0) is 25.5 Å². The van der Waals surface area contributed by atoms with Crippen LogP contribution in [0.5, 0.6) is 0 Å². The number of halogens is 1. The molecule has 0 spiro atoms. The van der Waals surface area contributed by atoms with Crippen molar-refractivity contribution in [2.75, 3.05) is 6.61 Å². The maximum atomic E-state index is 15.7. The van der Waals surface area contributed by atoms with Gasteiger partial charge in [0.2, 0.25) is 0 Å². The number of fused-ring (bicyclic) bond motifs is 7. The fourth-order valence-electron chi connectivity index (χ4n) is 10.3. The van der Waals surface area contributed by atoms with Gasteiger partial charge in [-0.1, -0.05) is 56.7 Å². The number of ketones is 2. The van der Waals surface area contributed by atoms with Gasteiger partial charge in [0.15, 0.2) is 23.5 Å². The minimum atomic E-state index is -1.40. The normalized spacial score (nSPS) is 38.2. The summed E-state index contributed by atoms with van der Waals surface area (Å²) in [5.41, 5.74) is 0.883. The zero-order chi connectivity index (χ0) is 31.9. The van der Waals surface area contributed by atoms with Gasteiger partial charge in [0.05, 0.1) is 11.7 Å². The number of hydrogen-bond acceptors (Lipinski definition) is 6. The average molecular weight is 615 g/mol. The number of carbonyl (C=O) groups excluding carboxylic acids is 2. The van der Waals surface area contributed by atoms with Gasteiger partial charge in [0.1, 0.15) is 12.4 Å². The Labute approximate surface area is 262 Å². The van der Waals surface area contributed by atoms with E-state index in [1.54, 1.807) is 30.3 Å². The molecule has 45 heavy (non-hydrogen) atoms. The highest BCUT2D eigenvalue weighted by Crippen LogP contribution is 2.71. The molecule has 4 fully saturated rings. The van der Waals surface area contributed by atoms with Crippen LogP contribution >= 0.6 is 0 Å². The Morgan fingerprint density at radius 1 is 1.09 bits per heavy atom. The fraction of sp³-hybridized carbons (Fsp3) is 0.486. The largest absolute Gasteiger partial charge is 0.478 e. The molecule has 9 atom stereocenters. The van der Waals surface area contributed by atoms with Crippen LogP contribution in [0.2, 0.25) is 0 Å². The number of rotatable bonds is 6. The minimum Gasteiger partial charge on any atom is -0.478 e. The molecule has 4 aliphatic carbocycles. The van der Waals surface area contributed by atoms with E-state index in [4.69, 9.17) is 14.6 Å². The molecular formula is C37H39FO7. The van der Waals surface area contributed by atoms with E-state index in [9.17, 15) is 19.5 Å². The Kier molecular flexibility index (Phi) is 7.08. The molecule has 2 aromatic rings. The average Bonchev–Trinajstić information content (AvgIpc) is 3.50. The van der Waals surface area contributed by atoms with Crippen molar-refractivity contribution in [3.05, 3.63) is 94.3 Å². The van der Waals surface area contributed by atoms with Gasteiger partial charge in [0, 0.05) is 16.4 Å². The Morgan fingerprint density at radius 2 is 1.82 bits per heavy atom. The molecule has 0 amide bonds. The number of ether oxygens (including phenoxy) is 2. The highest BCUT2D eigenvalue weighted by molar-refractivity contribution is 6.01. The number of hydrogen-bond donors (Lipinski definition) is 2. The molecule has 8 heteroatoms. The Hall–Kier alpha value is -3.46. The van der Waals surface area contributed by atoms with Crippen LogP contribution in [-0.4, -0.2) is 46.1 Å². The summed E-state index contributed by atoms with van der Waals surface area (Å²) in [7, 11) is 0. The molecule has 236 valence electrons. The van der Waals surface area contributed by atoms with Crippen molar-refractivity contribution in [3.8, 4) is 0 Å². The third kappa shape index (κ3) is 4.36. The zero-order valence-corrected chi connectivity index (χ0v) is 25.8. The van der Waals surface area contributed by atoms with Gasteiger partial charge in [0.25, 0.3) is 0 Å². The van der Waals surface area contributed by atoms with Crippen LogP contribution in [0.1, 0.15) is 79.8 Å². The number of aromatic carboxylic acids is 1. The molecule has 7 rings (SSSR count). The molecule has 0 radical (unpaired) electrons. The van der Waals surface area contributed by atoms with Crippen LogP contribution < -0.4 is 0 Å². The molecule has 3 saturated carbocycles. The first-order chi connectivity index (χ1) is 21.4. The summed E-state index contributed by atoms with van der Waals surface area (Å²) in [6.45, 7) is 5.88. The van der Waals surface area contributed by atoms with Gasteiger partial charge in [-0.05, 0) is 97.3 Å². The Bertz CT molecular complexity index is 1640. The number of Topliss-reactive ketones (excluding diaryl/α,β-unsaturated/α-hetero) is 1. The van der Waals surface area contributed by atoms with Crippen LogP contribution in [0.25, 0.3) is 0 Å². The summed E-state index contributed by atoms with van der Waals surface area (Å²) in [4.78, 5) is 37.2. The van der Waals surface area contributed by atoms with Crippen molar-refractivity contribution in [1.82, 2.24) is 0 Å². The Morgan fingerprint density at radius 3 is 2.51 bits per heavy atom. The topological polar surface area (TPSA) is 110 Å². The summed E-state index contributed by atoms with van der Waals surface area (Å²) in [6.07, 6.45) is 7.29. The number of aliphatic hydroxyl groups excluding tert-OH is 1. The first kappa shape index (κ1) is 30.2. The summed E-state index contributed by atoms with van der Waals surface area (Å²) < 4.78 is 28.8. The fourth-order valence-corrected chi connectivity index (χ4v) is 10.3. The van der Waals surface area contributed by atoms with Crippen molar-refractivity contribution in [2.45, 2.75) is 70.9 Å². The van der Waals surface area contributed by atoms with Crippen LogP contribution in [0.15, 0.2) is 66.3 Å². The highest BCUT2D eigenvalue weighted by atomic mass is 19.1. The third-order valence-corrected chi connectivity index (χ3v) is 12.0. The maximum Gasteiger partial charge on any atom is 0.335 e. The molecule has 0 aromatic heterocycles. The lowest BCUT2D eigenvalue weighted by atomic mass is 9.44. The van der Waals surface area contributed by atoms with Crippen LogP contribution in [0, 0.1) is 40.3 Å². The third-order valence-electron chi connectivity index (χ3n) is 12.0. The number of allylic oxidation sites excluding steroid dienone is 4. The predicted molar refractivity (Wildman–Crippen MR) is 163 cm³/mol. The minimum absolute atomic E-state index is 0.0413. The molecule has 1 heterocycles. The van der Waals surface area contributed by atoms with Crippen molar-refractivity contribution in [1.29, 1.82) is 0 Å². The molecule has 5 aliphatic rings. The quantitative estimate of drug-likeness (QED) is 0.411. The SMILES string of the molecule is C[C@H]1C[C@@]2(C)[C@@H](C[C@H]3OC(c4ccc(Cc5ccc(C(=O)O)cc5)cc4F)O[C@]32C(=O)CO)[C@@H]2CCC3=CC(=O)C=C[C@]3(C)[C@H]21.